The van der Waals surface area contributed by atoms with Gasteiger partial charge in [-0.1, -0.05) is 238 Å². The van der Waals surface area contributed by atoms with E-state index in [2.05, 4.69) is 0 Å². The molecule has 0 heteroatoms. The maximum atomic E-state index is 0. The van der Waals surface area contributed by atoms with Crippen LogP contribution in [-0.2, 0) is 0 Å². The Hall–Kier alpha value is 0. The van der Waals surface area contributed by atoms with E-state index in [9.17, 15) is 0 Å². The summed E-state index contributed by atoms with van der Waals surface area (Å²) in [6.45, 7) is 0. The van der Waals surface area contributed by atoms with Gasteiger partial charge < -0.3 is 0 Å². The topological polar surface area (TPSA) is 0 Å². The summed E-state index contributed by atoms with van der Waals surface area (Å²) in [5, 5.41) is 0. The molecule has 0 rings (SSSR count). The Kier molecular flexibility index (Phi) is 0. The fourth-order valence-corrected chi connectivity index (χ4v) is 0. The van der Waals surface area contributed by atoms with Crippen molar-refractivity contribution in [3.8, 4) is 0 Å². The standard InChI is InChI=1S/32CH4/h32*1H4. The molecule has 0 fully saturated rings. The Bertz CT molecular complexity index is 0. The second-order valence-corrected chi connectivity index (χ2v) is 0. The van der Waals surface area contributed by atoms with E-state index in [-0.39, 0.29) is 238 Å². The third-order valence-corrected chi connectivity index (χ3v) is 0. The first kappa shape index (κ1) is 0. The molecule has 0 saturated heterocycles. The van der Waals surface area contributed by atoms with Gasteiger partial charge in [0.2, 0.25) is 0 Å². The molecule has 0 aliphatic carbocycles. The van der Waals surface area contributed by atoms with Crippen LogP contribution in [0.15, 0.2) is 0 Å². The van der Waals surface area contributed by atoms with Crippen LogP contribution in [-0.4, -0.2) is 0 Å². The summed E-state index contributed by atoms with van der Waals surface area (Å²) in [5.74, 6) is 0. The minimum Gasteiger partial charge on any atom is -0.0776 e. The largest absolute Gasteiger partial charge is 0.0776 e. The van der Waals surface area contributed by atoms with Gasteiger partial charge in [0.05, 0.1) is 0 Å². The van der Waals surface area contributed by atoms with Gasteiger partial charge in [0, 0.05) is 0 Å². The van der Waals surface area contributed by atoms with Crippen molar-refractivity contribution in [2.45, 2.75) is 238 Å². The van der Waals surface area contributed by atoms with Crippen LogP contribution >= 0.6 is 0 Å². The smallest absolute Gasteiger partial charge is 0.0776 e. The fourth-order valence-electron chi connectivity index (χ4n) is 0. The minimum atomic E-state index is 0. The molecular weight excluding hydrogens is 384 g/mol. The van der Waals surface area contributed by atoms with Crippen molar-refractivity contribution < 1.29 is 0 Å². The van der Waals surface area contributed by atoms with Crippen molar-refractivity contribution >= 4 is 0 Å². The molecule has 0 unspecified atom stereocenters. The van der Waals surface area contributed by atoms with E-state index in [1.54, 1.807) is 0 Å². The number of hydrogen-bond acceptors (Lipinski definition) is 0. The van der Waals surface area contributed by atoms with E-state index in [0.717, 1.165) is 0 Å². The first-order chi connectivity index (χ1) is 0. The monoisotopic (exact) mass is 513 g/mol. The first-order valence-corrected chi connectivity index (χ1v) is 0. The lowest BCUT2D eigenvalue weighted by molar-refractivity contribution is 2.50. The van der Waals surface area contributed by atoms with E-state index in [1.165, 1.54) is 0 Å². The summed E-state index contributed by atoms with van der Waals surface area (Å²) in [6, 6.07) is 0. The molecule has 0 aromatic carbocycles. The van der Waals surface area contributed by atoms with Gasteiger partial charge in [-0.05, 0) is 0 Å². The van der Waals surface area contributed by atoms with Crippen LogP contribution in [0.3, 0.4) is 0 Å². The van der Waals surface area contributed by atoms with Gasteiger partial charge in [-0.3, -0.25) is 0 Å². The second-order valence-electron chi connectivity index (χ2n) is 0. The lowest BCUT2D eigenvalue weighted by atomic mass is 12.0. The molecule has 0 amide bonds. The van der Waals surface area contributed by atoms with Crippen LogP contribution in [0.4, 0.5) is 0 Å². The van der Waals surface area contributed by atoms with Crippen LogP contribution in [0.25, 0.3) is 0 Å². The van der Waals surface area contributed by atoms with E-state index in [0.29, 0.717) is 0 Å². The van der Waals surface area contributed by atoms with E-state index in [1.807, 2.05) is 0 Å². The van der Waals surface area contributed by atoms with Gasteiger partial charge >= 0.3 is 0 Å². The van der Waals surface area contributed by atoms with E-state index in [4.69, 9.17) is 0 Å². The molecule has 0 aromatic rings. The Morgan fingerprint density at radius 3 is 0.0312 bits per heavy atom. The van der Waals surface area contributed by atoms with Crippen LogP contribution in [0.1, 0.15) is 238 Å². The van der Waals surface area contributed by atoms with Gasteiger partial charge in [-0.25, -0.2) is 0 Å². The van der Waals surface area contributed by atoms with Crippen LogP contribution in [0.2, 0.25) is 0 Å². The Morgan fingerprint density at radius 2 is 0.0312 bits per heavy atom. The highest BCUT2D eigenvalue weighted by atomic mass is 12.0. The third-order valence-electron chi connectivity index (χ3n) is 0. The highest BCUT2D eigenvalue weighted by molar-refractivity contribution is 2.53. The third kappa shape index (κ3) is 0. The van der Waals surface area contributed by atoms with Gasteiger partial charge in [0.15, 0.2) is 0 Å². The molecule has 0 bridgehead atoms. The molecule has 0 aromatic heterocycles. The summed E-state index contributed by atoms with van der Waals surface area (Å²) >= 11 is 0. The number of rotatable bonds is 0. The molecule has 32 heavy (non-hydrogen) atoms. The highest BCUT2D eigenvalue weighted by Crippen LogP contribution is 0.175. The summed E-state index contributed by atoms with van der Waals surface area (Å²) in [5.41, 5.74) is 0. The predicted molar refractivity (Wildman–Crippen MR) is 215 cm³/mol. The molecule has 0 aliphatic heterocycles. The number of hydrogen-bond donors (Lipinski definition) is 0. The van der Waals surface area contributed by atoms with Gasteiger partial charge in [0.25, 0.3) is 0 Å². The zero-order valence-corrected chi connectivity index (χ0v) is 0. The lowest BCUT2D eigenvalue weighted by Gasteiger charge is -0.0786. The lowest BCUT2D eigenvalue weighted by Crippen LogP contribution is 0.143. The highest BCUT2D eigenvalue weighted by Gasteiger charge is -0.0466. The second kappa shape index (κ2) is 0. The fraction of sp³-hybridized carbons (Fsp3) is 1.00. The summed E-state index contributed by atoms with van der Waals surface area (Å²) in [7, 11) is 0. The maximum absolute atomic E-state index is 0. The zero-order valence-electron chi connectivity index (χ0n) is 0. The van der Waals surface area contributed by atoms with Gasteiger partial charge in [-0.15, -0.1) is 0 Å². The molecule has 0 radical (unpaired) electrons. The summed E-state index contributed by atoms with van der Waals surface area (Å²) in [4.78, 5) is 0. The summed E-state index contributed by atoms with van der Waals surface area (Å²) < 4.78 is 0. The van der Waals surface area contributed by atoms with E-state index >= 15 is 0 Å². The van der Waals surface area contributed by atoms with Gasteiger partial charge in [-0.2, -0.15) is 0 Å². The molecule has 0 atom stereocenters. The molecular formula is C32H128. The SMILES string of the molecule is C.C.C.C.C.C.C.C.C.C.C.C.C.C.C.C.C.C.C.C.C.C.C.C.C.C.C.C.C.C.C.C. The van der Waals surface area contributed by atoms with Crippen molar-refractivity contribution in [1.29, 1.82) is 0 Å². The Morgan fingerprint density at radius 1 is 0.0312 bits per heavy atom. The average molecular weight is 513 g/mol. The molecule has 0 saturated carbocycles. The van der Waals surface area contributed by atoms with E-state index < -0.39 is 0 Å². The quantitative estimate of drug-likeness (QED) is 0.302. The van der Waals surface area contributed by atoms with Crippen molar-refractivity contribution in [1.82, 2.24) is 0 Å². The minimum absolute atomic E-state index is 0. The van der Waals surface area contributed by atoms with Crippen molar-refractivity contribution in [2.24, 2.45) is 0 Å². The predicted octanol–water partition coefficient (Wildman–Crippen LogP) is 20.4. The zero-order chi connectivity index (χ0) is 0. The summed E-state index contributed by atoms with van der Waals surface area (Å²) in [6.07, 6.45) is 0. The normalized spacial score (nSPS) is 0. The first-order valence-electron chi connectivity index (χ1n) is 0. The molecule has 0 heterocycles. The van der Waals surface area contributed by atoms with Crippen LogP contribution < -0.4 is 0 Å². The molecule has 0 aliphatic rings. The van der Waals surface area contributed by atoms with Crippen molar-refractivity contribution in [3.63, 3.8) is 0 Å². The molecule has 0 spiro atoms. The Balaban J connectivity index is 0. The van der Waals surface area contributed by atoms with Crippen LogP contribution in [0.5, 0.6) is 0 Å². The van der Waals surface area contributed by atoms with Crippen molar-refractivity contribution in [3.05, 3.63) is 0 Å². The Labute approximate surface area is 237 Å². The van der Waals surface area contributed by atoms with Crippen LogP contribution in [0, 0.1) is 0 Å². The average Bonchev–Trinajstić information content (AvgIpc) is 0. The maximum Gasteiger partial charge on any atom is -0.0776 e. The van der Waals surface area contributed by atoms with Gasteiger partial charge in [0.1, 0.15) is 0 Å². The van der Waals surface area contributed by atoms with Crippen molar-refractivity contribution in [2.75, 3.05) is 0 Å². The molecule has 0 N–H and O–H groups in total. The molecule has 0 nitrogen and oxygen atoms in total. The molecule has 256 valence electrons.